The van der Waals surface area contributed by atoms with Crippen molar-refractivity contribution in [3.8, 4) is 5.75 Å². The monoisotopic (exact) mass is 264 g/mol. The minimum atomic E-state index is 0.00279. The number of carbonyl (C=O) groups is 1. The Morgan fingerprint density at radius 3 is 2.63 bits per heavy atom. The van der Waals surface area contributed by atoms with Crippen LogP contribution in [0.5, 0.6) is 5.75 Å². The molecule has 0 radical (unpaired) electrons. The summed E-state index contributed by atoms with van der Waals surface area (Å²) in [7, 11) is 1.85. The summed E-state index contributed by atoms with van der Waals surface area (Å²) in [6, 6.07) is 7.97. The van der Waals surface area contributed by atoms with Crippen LogP contribution in [0.15, 0.2) is 24.3 Å². The summed E-state index contributed by atoms with van der Waals surface area (Å²) in [5, 5.41) is 5.89. The molecule has 4 heteroatoms. The van der Waals surface area contributed by atoms with Crippen molar-refractivity contribution in [2.24, 2.45) is 5.92 Å². The molecule has 0 saturated carbocycles. The van der Waals surface area contributed by atoms with Crippen LogP contribution in [0.25, 0.3) is 0 Å². The predicted molar refractivity (Wildman–Crippen MR) is 77.4 cm³/mol. The number of hydrogen-bond acceptors (Lipinski definition) is 3. The van der Waals surface area contributed by atoms with E-state index in [1.165, 1.54) is 5.56 Å². The van der Waals surface area contributed by atoms with Crippen molar-refractivity contribution < 1.29 is 9.53 Å². The largest absolute Gasteiger partial charge is 0.494 e. The van der Waals surface area contributed by atoms with Crippen LogP contribution in [-0.4, -0.2) is 32.7 Å². The molecule has 1 atom stereocenters. The van der Waals surface area contributed by atoms with Crippen molar-refractivity contribution in [3.63, 3.8) is 0 Å². The van der Waals surface area contributed by atoms with E-state index in [0.717, 1.165) is 12.2 Å². The van der Waals surface area contributed by atoms with Gasteiger partial charge in [0, 0.05) is 19.0 Å². The first-order chi connectivity index (χ1) is 9.13. The Morgan fingerprint density at radius 2 is 2.00 bits per heavy atom. The molecule has 0 aliphatic heterocycles. The van der Waals surface area contributed by atoms with Gasteiger partial charge in [0.05, 0.1) is 6.61 Å². The van der Waals surface area contributed by atoms with Gasteiger partial charge in [-0.25, -0.2) is 0 Å². The zero-order chi connectivity index (χ0) is 14.1. The Kier molecular flexibility index (Phi) is 6.97. The number of amides is 1. The van der Waals surface area contributed by atoms with Crippen LogP contribution < -0.4 is 15.4 Å². The molecule has 1 aromatic rings. The number of aryl methyl sites for hydroxylation is 1. The van der Waals surface area contributed by atoms with Gasteiger partial charge in [-0.15, -0.1) is 0 Å². The van der Waals surface area contributed by atoms with Crippen molar-refractivity contribution in [3.05, 3.63) is 29.8 Å². The highest BCUT2D eigenvalue weighted by molar-refractivity contribution is 5.78. The zero-order valence-corrected chi connectivity index (χ0v) is 12.0. The van der Waals surface area contributed by atoms with Crippen LogP contribution in [0.1, 0.15) is 18.9 Å². The van der Waals surface area contributed by atoms with E-state index in [-0.39, 0.29) is 11.8 Å². The number of hydrogen-bond donors (Lipinski definition) is 2. The summed E-state index contributed by atoms with van der Waals surface area (Å²) < 4.78 is 5.59. The summed E-state index contributed by atoms with van der Waals surface area (Å²) >= 11 is 0. The molecule has 1 amide bonds. The molecule has 0 heterocycles. The van der Waals surface area contributed by atoms with E-state index >= 15 is 0 Å². The van der Waals surface area contributed by atoms with Crippen LogP contribution in [0.3, 0.4) is 0 Å². The standard InChI is InChI=1S/C15H24N2O2/c1-12-5-7-14(8-6-12)19-10-4-9-17-15(18)13(2)11-16-3/h5-8,13,16H,4,9-11H2,1-3H3,(H,17,18). The fourth-order valence-corrected chi connectivity index (χ4v) is 1.68. The molecule has 0 aliphatic rings. The van der Waals surface area contributed by atoms with Crippen LogP contribution in [0.2, 0.25) is 0 Å². The Morgan fingerprint density at radius 1 is 1.32 bits per heavy atom. The second kappa shape index (κ2) is 8.53. The Bertz CT molecular complexity index is 376. The molecule has 0 fully saturated rings. The lowest BCUT2D eigenvalue weighted by atomic mass is 10.1. The molecule has 4 nitrogen and oxygen atoms in total. The molecule has 1 rings (SSSR count). The van der Waals surface area contributed by atoms with Crippen LogP contribution in [-0.2, 0) is 4.79 Å². The van der Waals surface area contributed by atoms with Crippen LogP contribution >= 0.6 is 0 Å². The van der Waals surface area contributed by atoms with E-state index in [1.807, 2.05) is 45.2 Å². The summed E-state index contributed by atoms with van der Waals surface area (Å²) in [6.07, 6.45) is 0.811. The number of ether oxygens (including phenoxy) is 1. The molecule has 2 N–H and O–H groups in total. The predicted octanol–water partition coefficient (Wildman–Crippen LogP) is 1.74. The average Bonchev–Trinajstić information content (AvgIpc) is 2.40. The lowest BCUT2D eigenvalue weighted by Gasteiger charge is -2.11. The van der Waals surface area contributed by atoms with Gasteiger partial charge < -0.3 is 15.4 Å². The van der Waals surface area contributed by atoms with Gasteiger partial charge in [-0.1, -0.05) is 24.6 Å². The smallest absolute Gasteiger partial charge is 0.224 e. The summed E-state index contributed by atoms with van der Waals surface area (Å²) in [4.78, 5) is 11.6. The highest BCUT2D eigenvalue weighted by Gasteiger charge is 2.10. The Balaban J connectivity index is 2.11. The van der Waals surface area contributed by atoms with E-state index in [4.69, 9.17) is 4.74 Å². The molecule has 19 heavy (non-hydrogen) atoms. The van der Waals surface area contributed by atoms with E-state index in [0.29, 0.717) is 19.7 Å². The first-order valence-corrected chi connectivity index (χ1v) is 6.75. The van der Waals surface area contributed by atoms with Crippen molar-refractivity contribution in [2.75, 3.05) is 26.7 Å². The Hall–Kier alpha value is -1.55. The van der Waals surface area contributed by atoms with E-state index in [1.54, 1.807) is 0 Å². The maximum absolute atomic E-state index is 11.6. The van der Waals surface area contributed by atoms with E-state index in [9.17, 15) is 4.79 Å². The molecule has 0 spiro atoms. The van der Waals surface area contributed by atoms with Crippen molar-refractivity contribution >= 4 is 5.91 Å². The third-order valence-corrected chi connectivity index (χ3v) is 2.87. The van der Waals surface area contributed by atoms with Gasteiger partial charge in [0.2, 0.25) is 5.91 Å². The van der Waals surface area contributed by atoms with Gasteiger partial charge in [-0.05, 0) is 32.5 Å². The molecular weight excluding hydrogens is 240 g/mol. The normalized spacial score (nSPS) is 11.9. The van der Waals surface area contributed by atoms with E-state index < -0.39 is 0 Å². The molecule has 1 aromatic carbocycles. The Labute approximate surface area is 115 Å². The van der Waals surface area contributed by atoms with Gasteiger partial charge in [-0.3, -0.25) is 4.79 Å². The summed E-state index contributed by atoms with van der Waals surface area (Å²) in [5.41, 5.74) is 1.22. The molecule has 0 bridgehead atoms. The second-order valence-electron chi connectivity index (χ2n) is 4.76. The summed E-state index contributed by atoms with van der Waals surface area (Å²) in [5.74, 6) is 0.966. The highest BCUT2D eigenvalue weighted by atomic mass is 16.5. The first-order valence-electron chi connectivity index (χ1n) is 6.75. The van der Waals surface area contributed by atoms with Gasteiger partial charge in [-0.2, -0.15) is 0 Å². The van der Waals surface area contributed by atoms with Crippen molar-refractivity contribution in [1.82, 2.24) is 10.6 Å². The van der Waals surface area contributed by atoms with Crippen molar-refractivity contribution in [2.45, 2.75) is 20.3 Å². The quantitative estimate of drug-likeness (QED) is 0.703. The van der Waals surface area contributed by atoms with Gasteiger partial charge in [0.1, 0.15) is 5.75 Å². The van der Waals surface area contributed by atoms with Gasteiger partial charge >= 0.3 is 0 Å². The molecule has 0 saturated heterocycles. The minimum Gasteiger partial charge on any atom is -0.494 e. The zero-order valence-electron chi connectivity index (χ0n) is 12.0. The van der Waals surface area contributed by atoms with E-state index in [2.05, 4.69) is 10.6 Å². The molecule has 106 valence electrons. The third kappa shape index (κ3) is 6.25. The van der Waals surface area contributed by atoms with Crippen LogP contribution in [0.4, 0.5) is 0 Å². The fourth-order valence-electron chi connectivity index (χ4n) is 1.68. The number of rotatable bonds is 8. The maximum atomic E-state index is 11.6. The fraction of sp³-hybridized carbons (Fsp3) is 0.533. The average molecular weight is 264 g/mol. The number of benzene rings is 1. The summed E-state index contributed by atoms with van der Waals surface area (Å²) in [6.45, 7) is 5.93. The SMILES string of the molecule is CNCC(C)C(=O)NCCCOc1ccc(C)cc1. The lowest BCUT2D eigenvalue weighted by Crippen LogP contribution is -2.35. The maximum Gasteiger partial charge on any atom is 0.224 e. The molecule has 1 unspecified atom stereocenters. The highest BCUT2D eigenvalue weighted by Crippen LogP contribution is 2.11. The van der Waals surface area contributed by atoms with Crippen LogP contribution in [0, 0.1) is 12.8 Å². The molecule has 0 aromatic heterocycles. The first kappa shape index (κ1) is 15.5. The minimum absolute atomic E-state index is 0.00279. The number of carbonyl (C=O) groups excluding carboxylic acids is 1. The topological polar surface area (TPSA) is 50.4 Å². The lowest BCUT2D eigenvalue weighted by molar-refractivity contribution is -0.124. The van der Waals surface area contributed by atoms with Gasteiger partial charge in [0.25, 0.3) is 0 Å². The van der Waals surface area contributed by atoms with Crippen molar-refractivity contribution in [1.29, 1.82) is 0 Å². The molecular formula is C15H24N2O2. The third-order valence-electron chi connectivity index (χ3n) is 2.87. The van der Waals surface area contributed by atoms with Gasteiger partial charge in [0.15, 0.2) is 0 Å². The second-order valence-corrected chi connectivity index (χ2v) is 4.76. The molecule has 0 aliphatic carbocycles. The number of nitrogens with one attached hydrogen (secondary N) is 2.